The van der Waals surface area contributed by atoms with Gasteiger partial charge in [0, 0.05) is 20.1 Å². The van der Waals surface area contributed by atoms with Crippen LogP contribution in [0, 0.1) is 12.8 Å². The smallest absolute Gasteiger partial charge is 0.272 e. The van der Waals surface area contributed by atoms with Gasteiger partial charge >= 0.3 is 0 Å². The summed E-state index contributed by atoms with van der Waals surface area (Å²) in [4.78, 5) is 17.6. The van der Waals surface area contributed by atoms with Crippen molar-refractivity contribution in [3.63, 3.8) is 0 Å². The van der Waals surface area contributed by atoms with Gasteiger partial charge < -0.3 is 9.80 Å². The number of aromatic nitrogens is 2. The van der Waals surface area contributed by atoms with E-state index in [0.717, 1.165) is 51.1 Å². The zero-order chi connectivity index (χ0) is 18.5. The molecule has 0 radical (unpaired) electrons. The number of piperidine rings is 1. The Labute approximate surface area is 156 Å². The Hall–Kier alpha value is -2.14. The monoisotopic (exact) mass is 354 g/mol. The largest absolute Gasteiger partial charge is 0.337 e. The van der Waals surface area contributed by atoms with Crippen molar-refractivity contribution in [1.82, 2.24) is 19.6 Å². The molecule has 0 bridgehead atoms. The molecule has 5 nitrogen and oxygen atoms in total. The molecule has 5 heteroatoms. The normalized spacial score (nSPS) is 16.0. The van der Waals surface area contributed by atoms with E-state index in [2.05, 4.69) is 41.3 Å². The van der Waals surface area contributed by atoms with E-state index in [9.17, 15) is 4.79 Å². The molecule has 1 aromatic carbocycles. The number of rotatable bonds is 6. The minimum absolute atomic E-state index is 0.1000. The van der Waals surface area contributed by atoms with E-state index in [1.54, 1.807) is 4.68 Å². The van der Waals surface area contributed by atoms with E-state index in [4.69, 9.17) is 0 Å². The van der Waals surface area contributed by atoms with Crippen LogP contribution in [-0.4, -0.2) is 58.7 Å². The minimum Gasteiger partial charge on any atom is -0.337 e. The molecule has 1 aliphatic rings. The molecular formula is C21H30N4O. The molecule has 1 saturated heterocycles. The lowest BCUT2D eigenvalue weighted by Crippen LogP contribution is -2.41. The van der Waals surface area contributed by atoms with Gasteiger partial charge in [-0.15, -0.1) is 0 Å². The van der Waals surface area contributed by atoms with E-state index in [-0.39, 0.29) is 5.91 Å². The van der Waals surface area contributed by atoms with Crippen LogP contribution in [0.1, 0.15) is 34.6 Å². The summed E-state index contributed by atoms with van der Waals surface area (Å²) in [5, 5.41) is 4.35. The number of likely N-dealkylation sites (tertiary alicyclic amines) is 1. The van der Waals surface area contributed by atoms with Crippen LogP contribution in [0.3, 0.4) is 0 Å². The summed E-state index contributed by atoms with van der Waals surface area (Å²) in [5.41, 5.74) is 2.84. The molecule has 1 aromatic heterocycles. The first-order valence-corrected chi connectivity index (χ1v) is 9.55. The molecule has 3 rings (SSSR count). The molecule has 0 spiro atoms. The maximum atomic E-state index is 13.2. The van der Waals surface area contributed by atoms with Gasteiger partial charge in [0.2, 0.25) is 0 Å². The van der Waals surface area contributed by atoms with E-state index >= 15 is 0 Å². The van der Waals surface area contributed by atoms with E-state index in [0.29, 0.717) is 11.6 Å². The predicted octanol–water partition coefficient (Wildman–Crippen LogP) is 2.76. The number of hydrogen-bond donors (Lipinski definition) is 0. The van der Waals surface area contributed by atoms with Gasteiger partial charge in [0.15, 0.2) is 0 Å². The quantitative estimate of drug-likeness (QED) is 0.801. The van der Waals surface area contributed by atoms with Crippen LogP contribution in [0.4, 0.5) is 0 Å². The summed E-state index contributed by atoms with van der Waals surface area (Å²) >= 11 is 0. The first-order chi connectivity index (χ1) is 12.5. The number of nitrogens with zero attached hydrogens (tertiary/aromatic N) is 4. The highest BCUT2D eigenvalue weighted by Gasteiger charge is 2.25. The highest BCUT2D eigenvalue weighted by molar-refractivity contribution is 5.92. The van der Waals surface area contributed by atoms with Crippen LogP contribution >= 0.6 is 0 Å². The fraction of sp³-hybridized carbons (Fsp3) is 0.524. The van der Waals surface area contributed by atoms with Crippen LogP contribution in [0.2, 0.25) is 0 Å². The molecule has 2 heterocycles. The number of benzene rings is 1. The molecule has 140 valence electrons. The van der Waals surface area contributed by atoms with Crippen molar-refractivity contribution in [2.45, 2.75) is 26.2 Å². The Morgan fingerprint density at radius 1 is 1.19 bits per heavy atom. The van der Waals surface area contributed by atoms with Gasteiger partial charge in [-0.25, -0.2) is 0 Å². The van der Waals surface area contributed by atoms with Gasteiger partial charge in [-0.2, -0.15) is 5.10 Å². The third kappa shape index (κ3) is 4.73. The molecule has 2 aromatic rings. The molecule has 0 unspecified atom stereocenters. The first-order valence-electron chi connectivity index (χ1n) is 9.55. The van der Waals surface area contributed by atoms with Crippen molar-refractivity contribution in [1.29, 1.82) is 0 Å². The lowest BCUT2D eigenvalue weighted by Gasteiger charge is -2.33. The highest BCUT2D eigenvalue weighted by atomic mass is 16.2. The third-order valence-electron chi connectivity index (χ3n) is 5.34. The second-order valence-corrected chi connectivity index (χ2v) is 7.53. The van der Waals surface area contributed by atoms with Crippen LogP contribution in [-0.2, 0) is 13.5 Å². The number of aryl methyl sites for hydroxylation is 2. The molecule has 1 amide bonds. The molecule has 0 saturated carbocycles. The summed E-state index contributed by atoms with van der Waals surface area (Å²) in [6, 6.07) is 12.3. The SMILES string of the molecule is Cc1cc(C(=O)N(CCc2ccccc2)CC2CCN(C)CC2)n(C)n1. The lowest BCUT2D eigenvalue weighted by molar-refractivity contribution is 0.0689. The fourth-order valence-corrected chi connectivity index (χ4v) is 3.71. The van der Waals surface area contributed by atoms with Crippen LogP contribution in [0.5, 0.6) is 0 Å². The second kappa shape index (κ2) is 8.49. The molecule has 0 atom stereocenters. The Bertz CT molecular complexity index is 717. The van der Waals surface area contributed by atoms with Gasteiger partial charge in [-0.3, -0.25) is 9.48 Å². The predicted molar refractivity (Wildman–Crippen MR) is 104 cm³/mol. The number of hydrogen-bond acceptors (Lipinski definition) is 3. The second-order valence-electron chi connectivity index (χ2n) is 7.53. The zero-order valence-corrected chi connectivity index (χ0v) is 16.2. The average molecular weight is 354 g/mol. The van der Waals surface area contributed by atoms with Crippen molar-refractivity contribution in [3.8, 4) is 0 Å². The molecule has 26 heavy (non-hydrogen) atoms. The Balaban J connectivity index is 1.71. The number of amides is 1. The van der Waals surface area contributed by atoms with Crippen molar-refractivity contribution in [3.05, 3.63) is 53.3 Å². The number of carbonyl (C=O) groups is 1. The summed E-state index contributed by atoms with van der Waals surface area (Å²) in [7, 11) is 4.03. The highest BCUT2D eigenvalue weighted by Crippen LogP contribution is 2.19. The molecule has 0 N–H and O–H groups in total. The van der Waals surface area contributed by atoms with Gasteiger partial charge in [0.1, 0.15) is 5.69 Å². The van der Waals surface area contributed by atoms with Crippen molar-refractivity contribution >= 4 is 5.91 Å². The first kappa shape index (κ1) is 18.6. The number of carbonyl (C=O) groups excluding carboxylic acids is 1. The Morgan fingerprint density at radius 3 is 2.50 bits per heavy atom. The topological polar surface area (TPSA) is 41.4 Å². The van der Waals surface area contributed by atoms with Crippen molar-refractivity contribution in [2.75, 3.05) is 33.2 Å². The van der Waals surface area contributed by atoms with Crippen LogP contribution < -0.4 is 0 Å². The molecule has 1 aliphatic heterocycles. The summed E-state index contributed by atoms with van der Waals surface area (Å²) in [6.45, 7) is 5.76. The van der Waals surface area contributed by atoms with Gasteiger partial charge in [0.25, 0.3) is 5.91 Å². The van der Waals surface area contributed by atoms with Crippen LogP contribution in [0.25, 0.3) is 0 Å². The molecular weight excluding hydrogens is 324 g/mol. The summed E-state index contributed by atoms with van der Waals surface area (Å²) in [6.07, 6.45) is 3.21. The van der Waals surface area contributed by atoms with Gasteiger partial charge in [0.05, 0.1) is 5.69 Å². The Kier molecular flexibility index (Phi) is 6.09. The molecule has 0 aliphatic carbocycles. The maximum Gasteiger partial charge on any atom is 0.272 e. The van der Waals surface area contributed by atoms with Crippen molar-refractivity contribution < 1.29 is 4.79 Å². The Morgan fingerprint density at radius 2 is 1.88 bits per heavy atom. The zero-order valence-electron chi connectivity index (χ0n) is 16.2. The van der Waals surface area contributed by atoms with Crippen LogP contribution in [0.15, 0.2) is 36.4 Å². The van der Waals surface area contributed by atoms with E-state index < -0.39 is 0 Å². The lowest BCUT2D eigenvalue weighted by atomic mass is 9.96. The molecule has 1 fully saturated rings. The minimum atomic E-state index is 0.1000. The fourth-order valence-electron chi connectivity index (χ4n) is 3.71. The maximum absolute atomic E-state index is 13.2. The standard InChI is InChI=1S/C21H30N4O/c1-17-15-20(24(3)22-17)21(26)25(14-11-18-7-5-4-6-8-18)16-19-9-12-23(2)13-10-19/h4-8,15,19H,9-14,16H2,1-3H3. The van der Waals surface area contributed by atoms with E-state index in [1.165, 1.54) is 5.56 Å². The van der Waals surface area contributed by atoms with Crippen molar-refractivity contribution in [2.24, 2.45) is 13.0 Å². The average Bonchev–Trinajstić information content (AvgIpc) is 2.98. The summed E-state index contributed by atoms with van der Waals surface area (Å²) in [5.74, 6) is 0.684. The summed E-state index contributed by atoms with van der Waals surface area (Å²) < 4.78 is 1.71. The van der Waals surface area contributed by atoms with E-state index in [1.807, 2.05) is 31.0 Å². The van der Waals surface area contributed by atoms with Gasteiger partial charge in [-0.1, -0.05) is 30.3 Å². The van der Waals surface area contributed by atoms with Gasteiger partial charge in [-0.05, 0) is 63.9 Å². The third-order valence-corrected chi connectivity index (χ3v) is 5.34.